The van der Waals surface area contributed by atoms with E-state index in [1.54, 1.807) is 18.7 Å². The molecule has 0 aliphatic carbocycles. The molecule has 2 rings (SSSR count). The van der Waals surface area contributed by atoms with Crippen LogP contribution in [0, 0.1) is 6.92 Å². The van der Waals surface area contributed by atoms with Gasteiger partial charge in [-0.05, 0) is 13.0 Å². The number of hydrogen-bond acceptors (Lipinski definition) is 3. The summed E-state index contributed by atoms with van der Waals surface area (Å²) in [6, 6.07) is 1.49. The van der Waals surface area contributed by atoms with E-state index in [1.807, 2.05) is 0 Å². The summed E-state index contributed by atoms with van der Waals surface area (Å²) >= 11 is 0. The van der Waals surface area contributed by atoms with E-state index in [-0.39, 0.29) is 5.56 Å². The fourth-order valence-corrected chi connectivity index (χ4v) is 1.55. The zero-order valence-corrected chi connectivity index (χ0v) is 7.85. The maximum atomic E-state index is 10.9. The normalized spacial score (nSPS) is 10.7. The molecule has 1 N–H and O–H groups in total. The molecule has 0 unspecified atom stereocenters. The predicted molar refractivity (Wildman–Crippen MR) is 50.2 cm³/mol. The Hall–Kier alpha value is -1.91. The number of carboxylic acid groups (broad SMARTS) is 1. The first-order chi connectivity index (χ1) is 6.61. The molecule has 2 aromatic rings. The molecule has 72 valence electrons. The summed E-state index contributed by atoms with van der Waals surface area (Å²) in [7, 11) is 1.74. The van der Waals surface area contributed by atoms with Crippen molar-refractivity contribution >= 4 is 17.0 Å². The molecular weight excluding hydrogens is 182 g/mol. The SMILES string of the molecule is Cc1nn(C)c2nccc(C(=O)O)c12. The Morgan fingerprint density at radius 3 is 2.93 bits per heavy atom. The Bertz CT molecular complexity index is 516. The van der Waals surface area contributed by atoms with Crippen LogP contribution < -0.4 is 0 Å². The van der Waals surface area contributed by atoms with Crippen molar-refractivity contribution in [3.63, 3.8) is 0 Å². The maximum Gasteiger partial charge on any atom is 0.336 e. The number of aryl methyl sites for hydroxylation is 2. The second-order valence-corrected chi connectivity index (χ2v) is 3.07. The molecule has 0 aliphatic rings. The van der Waals surface area contributed by atoms with Crippen molar-refractivity contribution in [2.24, 2.45) is 7.05 Å². The van der Waals surface area contributed by atoms with Crippen molar-refractivity contribution < 1.29 is 9.90 Å². The number of carboxylic acids is 1. The van der Waals surface area contributed by atoms with E-state index >= 15 is 0 Å². The predicted octanol–water partition coefficient (Wildman–Crippen LogP) is 0.975. The summed E-state index contributed by atoms with van der Waals surface area (Å²) in [6.07, 6.45) is 1.48. The average molecular weight is 191 g/mol. The van der Waals surface area contributed by atoms with Gasteiger partial charge in [-0.2, -0.15) is 5.10 Å². The van der Waals surface area contributed by atoms with Gasteiger partial charge in [0.2, 0.25) is 0 Å². The molecular formula is C9H9N3O2. The van der Waals surface area contributed by atoms with Gasteiger partial charge >= 0.3 is 5.97 Å². The van der Waals surface area contributed by atoms with Crippen LogP contribution in [0.2, 0.25) is 0 Å². The fraction of sp³-hybridized carbons (Fsp3) is 0.222. The second kappa shape index (κ2) is 2.80. The van der Waals surface area contributed by atoms with Crippen LogP contribution in [0.5, 0.6) is 0 Å². The lowest BCUT2D eigenvalue weighted by molar-refractivity contribution is 0.0699. The Morgan fingerprint density at radius 2 is 2.29 bits per heavy atom. The topological polar surface area (TPSA) is 68.0 Å². The van der Waals surface area contributed by atoms with Gasteiger partial charge in [0.25, 0.3) is 0 Å². The smallest absolute Gasteiger partial charge is 0.336 e. The van der Waals surface area contributed by atoms with Crippen molar-refractivity contribution in [3.8, 4) is 0 Å². The van der Waals surface area contributed by atoms with E-state index in [0.717, 1.165) is 0 Å². The van der Waals surface area contributed by atoms with Crippen LogP contribution in [0.3, 0.4) is 0 Å². The van der Waals surface area contributed by atoms with Crippen molar-refractivity contribution in [1.82, 2.24) is 14.8 Å². The van der Waals surface area contributed by atoms with Gasteiger partial charge in [0.05, 0.1) is 16.6 Å². The summed E-state index contributed by atoms with van der Waals surface area (Å²) in [6.45, 7) is 1.77. The molecule has 0 aromatic carbocycles. The quantitative estimate of drug-likeness (QED) is 0.729. The van der Waals surface area contributed by atoms with E-state index in [4.69, 9.17) is 5.11 Å². The third kappa shape index (κ3) is 1.06. The van der Waals surface area contributed by atoms with Crippen molar-refractivity contribution in [2.75, 3.05) is 0 Å². The average Bonchev–Trinajstić information content (AvgIpc) is 2.43. The number of carbonyl (C=O) groups is 1. The molecule has 0 amide bonds. The number of hydrogen-bond donors (Lipinski definition) is 1. The summed E-state index contributed by atoms with van der Waals surface area (Å²) in [5, 5.41) is 13.7. The van der Waals surface area contributed by atoms with E-state index in [0.29, 0.717) is 16.7 Å². The molecule has 0 fully saturated rings. The third-order valence-corrected chi connectivity index (χ3v) is 2.13. The van der Waals surface area contributed by atoms with Gasteiger partial charge in [0.1, 0.15) is 0 Å². The molecule has 2 aromatic heterocycles. The molecule has 0 radical (unpaired) electrons. The van der Waals surface area contributed by atoms with Gasteiger partial charge in [0, 0.05) is 13.2 Å². The van der Waals surface area contributed by atoms with E-state index < -0.39 is 5.97 Å². The van der Waals surface area contributed by atoms with E-state index in [9.17, 15) is 4.79 Å². The molecule has 0 saturated carbocycles. The lowest BCUT2D eigenvalue weighted by Gasteiger charge is -1.96. The molecule has 0 atom stereocenters. The summed E-state index contributed by atoms with van der Waals surface area (Å²) < 4.78 is 1.58. The number of aromatic nitrogens is 3. The Kier molecular flexibility index (Phi) is 1.73. The molecule has 0 aliphatic heterocycles. The summed E-state index contributed by atoms with van der Waals surface area (Å²) in [5.74, 6) is -0.950. The molecule has 5 nitrogen and oxygen atoms in total. The molecule has 5 heteroatoms. The highest BCUT2D eigenvalue weighted by molar-refractivity contribution is 6.02. The zero-order chi connectivity index (χ0) is 10.3. The molecule has 0 bridgehead atoms. The van der Waals surface area contributed by atoms with Crippen molar-refractivity contribution in [2.45, 2.75) is 6.92 Å². The van der Waals surface area contributed by atoms with Crippen LogP contribution in [-0.2, 0) is 7.05 Å². The van der Waals surface area contributed by atoms with Crippen LogP contribution in [0.15, 0.2) is 12.3 Å². The van der Waals surface area contributed by atoms with Gasteiger partial charge in [-0.3, -0.25) is 4.68 Å². The highest BCUT2D eigenvalue weighted by Crippen LogP contribution is 2.19. The minimum absolute atomic E-state index is 0.251. The number of nitrogens with zero attached hydrogens (tertiary/aromatic N) is 3. The lowest BCUT2D eigenvalue weighted by Crippen LogP contribution is -1.98. The number of aromatic carboxylic acids is 1. The first-order valence-electron chi connectivity index (χ1n) is 4.13. The molecule has 2 heterocycles. The fourth-order valence-electron chi connectivity index (χ4n) is 1.55. The first kappa shape index (κ1) is 8.68. The van der Waals surface area contributed by atoms with Crippen LogP contribution in [0.4, 0.5) is 0 Å². The van der Waals surface area contributed by atoms with E-state index in [2.05, 4.69) is 10.1 Å². The van der Waals surface area contributed by atoms with Crippen LogP contribution >= 0.6 is 0 Å². The standard InChI is InChI=1S/C9H9N3O2/c1-5-7-6(9(13)14)3-4-10-8(7)12(2)11-5/h3-4H,1-2H3,(H,13,14). The lowest BCUT2D eigenvalue weighted by atomic mass is 10.1. The Labute approximate surface area is 80.0 Å². The zero-order valence-electron chi connectivity index (χ0n) is 7.85. The third-order valence-electron chi connectivity index (χ3n) is 2.13. The number of fused-ring (bicyclic) bond motifs is 1. The second-order valence-electron chi connectivity index (χ2n) is 3.07. The number of rotatable bonds is 1. The highest BCUT2D eigenvalue weighted by Gasteiger charge is 2.14. The Morgan fingerprint density at radius 1 is 1.57 bits per heavy atom. The summed E-state index contributed by atoms with van der Waals surface area (Å²) in [4.78, 5) is 15.0. The maximum absolute atomic E-state index is 10.9. The first-order valence-corrected chi connectivity index (χ1v) is 4.13. The van der Waals surface area contributed by atoms with Gasteiger partial charge < -0.3 is 5.11 Å². The Balaban J connectivity index is 2.92. The van der Waals surface area contributed by atoms with Gasteiger partial charge in [-0.15, -0.1) is 0 Å². The monoisotopic (exact) mass is 191 g/mol. The minimum Gasteiger partial charge on any atom is -0.478 e. The minimum atomic E-state index is -0.950. The molecule has 14 heavy (non-hydrogen) atoms. The van der Waals surface area contributed by atoms with E-state index in [1.165, 1.54) is 12.3 Å². The van der Waals surface area contributed by atoms with Crippen LogP contribution in [0.1, 0.15) is 16.1 Å². The van der Waals surface area contributed by atoms with Crippen molar-refractivity contribution in [3.05, 3.63) is 23.5 Å². The van der Waals surface area contributed by atoms with Gasteiger partial charge in [0.15, 0.2) is 5.65 Å². The van der Waals surface area contributed by atoms with Crippen LogP contribution in [0.25, 0.3) is 11.0 Å². The molecule has 0 spiro atoms. The van der Waals surface area contributed by atoms with Crippen molar-refractivity contribution in [1.29, 1.82) is 0 Å². The van der Waals surface area contributed by atoms with Gasteiger partial charge in [-0.25, -0.2) is 9.78 Å². The van der Waals surface area contributed by atoms with Crippen LogP contribution in [-0.4, -0.2) is 25.8 Å². The largest absolute Gasteiger partial charge is 0.478 e. The highest BCUT2D eigenvalue weighted by atomic mass is 16.4. The summed E-state index contributed by atoms with van der Waals surface area (Å²) in [5.41, 5.74) is 1.54. The van der Waals surface area contributed by atoms with Gasteiger partial charge in [-0.1, -0.05) is 0 Å². The number of pyridine rings is 1. The molecule has 0 saturated heterocycles.